The van der Waals surface area contributed by atoms with Gasteiger partial charge in [0.2, 0.25) is 0 Å². The van der Waals surface area contributed by atoms with Gasteiger partial charge in [-0.2, -0.15) is 18.3 Å². The average Bonchev–Trinajstić information content (AvgIpc) is 2.94. The zero-order chi connectivity index (χ0) is 17.5. The van der Waals surface area contributed by atoms with E-state index in [0.717, 1.165) is 0 Å². The standard InChI is InChI=1S/C15H13F4N5/c1-7(9-4-3-5-11(12(9)16)15(17,18)19)21-13-10-6-20-24-14(10)23-8(2)22-13/h3-7H,1-2H3,(H2,20,21,22,23,24)/t7-/m0/s1. The van der Waals surface area contributed by atoms with E-state index in [4.69, 9.17) is 0 Å². The predicted octanol–water partition coefficient (Wildman–Crippen LogP) is 3.99. The molecule has 9 heteroatoms. The molecule has 0 aliphatic rings. The van der Waals surface area contributed by atoms with Crippen molar-refractivity contribution in [2.24, 2.45) is 0 Å². The Labute approximate surface area is 134 Å². The van der Waals surface area contributed by atoms with E-state index in [2.05, 4.69) is 25.5 Å². The van der Waals surface area contributed by atoms with Crippen molar-refractivity contribution in [2.75, 3.05) is 5.32 Å². The molecule has 0 saturated heterocycles. The third kappa shape index (κ3) is 2.89. The highest BCUT2D eigenvalue weighted by atomic mass is 19.4. The Morgan fingerprint density at radius 1 is 1.21 bits per heavy atom. The molecule has 0 radical (unpaired) electrons. The Hall–Kier alpha value is -2.71. The number of hydrogen-bond acceptors (Lipinski definition) is 4. The van der Waals surface area contributed by atoms with Crippen LogP contribution < -0.4 is 5.32 Å². The molecule has 0 fully saturated rings. The summed E-state index contributed by atoms with van der Waals surface area (Å²) in [6.45, 7) is 3.23. The maximum atomic E-state index is 14.2. The Morgan fingerprint density at radius 2 is 1.96 bits per heavy atom. The van der Waals surface area contributed by atoms with Gasteiger partial charge in [0.05, 0.1) is 23.2 Å². The van der Waals surface area contributed by atoms with Gasteiger partial charge in [-0.05, 0) is 19.9 Å². The highest BCUT2D eigenvalue weighted by Crippen LogP contribution is 2.34. The van der Waals surface area contributed by atoms with E-state index in [1.807, 2.05) is 0 Å². The molecule has 24 heavy (non-hydrogen) atoms. The minimum absolute atomic E-state index is 0.0993. The number of aromatic amines is 1. The average molecular weight is 339 g/mol. The van der Waals surface area contributed by atoms with Crippen LogP contribution >= 0.6 is 0 Å². The Bertz CT molecular complexity index is 887. The second kappa shape index (κ2) is 5.73. The van der Waals surface area contributed by atoms with E-state index in [-0.39, 0.29) is 5.56 Å². The summed E-state index contributed by atoms with van der Waals surface area (Å²) in [4.78, 5) is 8.36. The lowest BCUT2D eigenvalue weighted by atomic mass is 10.0. The maximum Gasteiger partial charge on any atom is 0.419 e. The van der Waals surface area contributed by atoms with Crippen LogP contribution in [0.2, 0.25) is 0 Å². The summed E-state index contributed by atoms with van der Waals surface area (Å²) in [7, 11) is 0. The third-order valence-electron chi connectivity index (χ3n) is 3.58. The van der Waals surface area contributed by atoms with Crippen LogP contribution in [-0.4, -0.2) is 20.2 Å². The smallest absolute Gasteiger partial charge is 0.363 e. The molecule has 5 nitrogen and oxygen atoms in total. The number of aryl methyl sites for hydroxylation is 1. The van der Waals surface area contributed by atoms with Crippen LogP contribution in [0.25, 0.3) is 11.0 Å². The van der Waals surface area contributed by atoms with Crippen molar-refractivity contribution in [1.29, 1.82) is 0 Å². The predicted molar refractivity (Wildman–Crippen MR) is 79.9 cm³/mol. The molecular formula is C15H13F4N5. The first-order valence-electron chi connectivity index (χ1n) is 7.07. The Kier molecular flexibility index (Phi) is 3.86. The first-order chi connectivity index (χ1) is 11.3. The van der Waals surface area contributed by atoms with Crippen molar-refractivity contribution < 1.29 is 17.6 Å². The highest BCUT2D eigenvalue weighted by Gasteiger charge is 2.35. The third-order valence-corrected chi connectivity index (χ3v) is 3.58. The van der Waals surface area contributed by atoms with Crippen molar-refractivity contribution in [2.45, 2.75) is 26.1 Å². The van der Waals surface area contributed by atoms with Crippen LogP contribution in [0.5, 0.6) is 0 Å². The summed E-state index contributed by atoms with van der Waals surface area (Å²) in [5, 5.41) is 10.0. The van der Waals surface area contributed by atoms with Gasteiger partial charge in [0, 0.05) is 5.56 Å². The van der Waals surface area contributed by atoms with Crippen molar-refractivity contribution >= 4 is 16.9 Å². The number of fused-ring (bicyclic) bond motifs is 1. The van der Waals surface area contributed by atoms with E-state index in [0.29, 0.717) is 28.7 Å². The first kappa shape index (κ1) is 16.2. The number of alkyl halides is 3. The molecule has 0 spiro atoms. The number of hydrogen-bond donors (Lipinski definition) is 2. The van der Waals surface area contributed by atoms with E-state index in [1.165, 1.54) is 18.3 Å². The number of rotatable bonds is 3. The fourth-order valence-electron chi connectivity index (χ4n) is 2.44. The van der Waals surface area contributed by atoms with Crippen LogP contribution in [0.1, 0.15) is 29.9 Å². The summed E-state index contributed by atoms with van der Waals surface area (Å²) in [5.74, 6) is -0.472. The van der Waals surface area contributed by atoms with Gasteiger partial charge in [-0.25, -0.2) is 14.4 Å². The second-order valence-corrected chi connectivity index (χ2v) is 5.32. The molecule has 3 aromatic rings. The molecule has 1 aromatic carbocycles. The molecule has 0 aliphatic heterocycles. The molecule has 2 aromatic heterocycles. The van der Waals surface area contributed by atoms with Gasteiger partial charge in [-0.15, -0.1) is 0 Å². The summed E-state index contributed by atoms with van der Waals surface area (Å²) in [5.41, 5.74) is -0.902. The van der Waals surface area contributed by atoms with Gasteiger partial charge in [0.25, 0.3) is 0 Å². The molecule has 126 valence electrons. The highest BCUT2D eigenvalue weighted by molar-refractivity contribution is 5.86. The zero-order valence-corrected chi connectivity index (χ0v) is 12.7. The molecule has 2 N–H and O–H groups in total. The van der Waals surface area contributed by atoms with Gasteiger partial charge in [0.15, 0.2) is 5.65 Å². The maximum absolute atomic E-state index is 14.2. The summed E-state index contributed by atoms with van der Waals surface area (Å²) >= 11 is 0. The molecule has 0 unspecified atom stereocenters. The lowest BCUT2D eigenvalue weighted by Gasteiger charge is -2.18. The minimum atomic E-state index is -4.75. The number of nitrogens with one attached hydrogen (secondary N) is 2. The minimum Gasteiger partial charge on any atom is -0.363 e. The number of benzene rings is 1. The number of nitrogens with zero attached hydrogens (tertiary/aromatic N) is 3. The fraction of sp³-hybridized carbons (Fsp3) is 0.267. The molecule has 0 saturated carbocycles. The monoisotopic (exact) mass is 339 g/mol. The lowest BCUT2D eigenvalue weighted by molar-refractivity contribution is -0.140. The van der Waals surface area contributed by atoms with E-state index in [9.17, 15) is 17.6 Å². The van der Waals surface area contributed by atoms with E-state index < -0.39 is 23.6 Å². The topological polar surface area (TPSA) is 66.5 Å². The van der Waals surface area contributed by atoms with Crippen molar-refractivity contribution in [3.63, 3.8) is 0 Å². The summed E-state index contributed by atoms with van der Waals surface area (Å²) in [6.07, 6.45) is -3.25. The second-order valence-electron chi connectivity index (χ2n) is 5.32. The fourth-order valence-corrected chi connectivity index (χ4v) is 2.44. The van der Waals surface area contributed by atoms with Gasteiger partial charge in [0.1, 0.15) is 17.5 Å². The lowest BCUT2D eigenvalue weighted by Crippen LogP contribution is -2.15. The van der Waals surface area contributed by atoms with Crippen molar-refractivity contribution in [3.8, 4) is 0 Å². The van der Waals surface area contributed by atoms with Crippen LogP contribution in [-0.2, 0) is 6.18 Å². The molecule has 3 rings (SSSR count). The summed E-state index contributed by atoms with van der Waals surface area (Å²) < 4.78 is 52.8. The van der Waals surface area contributed by atoms with Crippen LogP contribution in [0.15, 0.2) is 24.4 Å². The quantitative estimate of drug-likeness (QED) is 0.708. The van der Waals surface area contributed by atoms with Gasteiger partial charge >= 0.3 is 6.18 Å². The normalized spacial score (nSPS) is 13.2. The van der Waals surface area contributed by atoms with E-state index >= 15 is 0 Å². The number of aromatic nitrogens is 4. The van der Waals surface area contributed by atoms with Crippen LogP contribution in [0.3, 0.4) is 0 Å². The molecule has 0 bridgehead atoms. The van der Waals surface area contributed by atoms with Gasteiger partial charge < -0.3 is 5.32 Å². The largest absolute Gasteiger partial charge is 0.419 e. The number of halogens is 4. The van der Waals surface area contributed by atoms with Crippen molar-refractivity contribution in [1.82, 2.24) is 20.2 Å². The molecule has 0 amide bonds. The number of anilines is 1. The molecule has 2 heterocycles. The van der Waals surface area contributed by atoms with E-state index in [1.54, 1.807) is 13.8 Å². The Balaban J connectivity index is 1.98. The SMILES string of the molecule is Cc1nc(N[C@@H](C)c2cccc(C(F)(F)F)c2F)c2cn[nH]c2n1. The molecular weight excluding hydrogens is 326 g/mol. The van der Waals surface area contributed by atoms with Crippen molar-refractivity contribution in [3.05, 3.63) is 47.2 Å². The molecule has 0 aliphatic carbocycles. The number of H-pyrrole nitrogens is 1. The van der Waals surface area contributed by atoms with Crippen LogP contribution in [0, 0.1) is 12.7 Å². The summed E-state index contributed by atoms with van der Waals surface area (Å²) in [6, 6.07) is 2.47. The van der Waals surface area contributed by atoms with Crippen LogP contribution in [0.4, 0.5) is 23.4 Å². The molecule has 1 atom stereocenters. The first-order valence-corrected chi connectivity index (χ1v) is 7.07. The van der Waals surface area contributed by atoms with Gasteiger partial charge in [-0.3, -0.25) is 5.10 Å². The zero-order valence-electron chi connectivity index (χ0n) is 12.7. The Morgan fingerprint density at radius 3 is 2.67 bits per heavy atom. The van der Waals surface area contributed by atoms with Gasteiger partial charge in [-0.1, -0.05) is 12.1 Å².